The van der Waals surface area contributed by atoms with Crippen molar-refractivity contribution in [2.75, 3.05) is 26.7 Å². The molecule has 0 aromatic rings. The summed E-state index contributed by atoms with van der Waals surface area (Å²) < 4.78 is 4.87. The third-order valence-electron chi connectivity index (χ3n) is 4.01. The van der Waals surface area contributed by atoms with Crippen molar-refractivity contribution in [1.29, 1.82) is 0 Å². The van der Waals surface area contributed by atoms with Crippen molar-refractivity contribution in [3.8, 4) is 0 Å². The average molecular weight is 270 g/mol. The van der Waals surface area contributed by atoms with E-state index in [-0.39, 0.29) is 12.0 Å². The molecule has 1 rings (SSSR count). The smallest absolute Gasteiger partial charge is 0.322 e. The van der Waals surface area contributed by atoms with Gasteiger partial charge in [0.2, 0.25) is 0 Å². The van der Waals surface area contributed by atoms with Crippen molar-refractivity contribution < 1.29 is 9.53 Å². The summed E-state index contributed by atoms with van der Waals surface area (Å²) in [6.07, 6.45) is 2.12. The number of hydrogen-bond donors (Lipinski definition) is 1. The minimum atomic E-state index is -0.178. The molecule has 1 aliphatic heterocycles. The number of carbonyl (C=O) groups excluding carboxylic acids is 1. The lowest BCUT2D eigenvalue weighted by Gasteiger charge is -2.23. The molecule has 2 unspecified atom stereocenters. The number of nitrogens with zero attached hydrogens (tertiary/aromatic N) is 1. The molecule has 0 aliphatic carbocycles. The lowest BCUT2D eigenvalue weighted by molar-refractivity contribution is -0.143. The molecular weight excluding hydrogens is 240 g/mol. The first-order chi connectivity index (χ1) is 8.93. The lowest BCUT2D eigenvalue weighted by Crippen LogP contribution is -2.43. The molecular formula is C15H30N2O2. The van der Waals surface area contributed by atoms with E-state index in [2.05, 4.69) is 37.9 Å². The molecule has 1 aliphatic rings. The van der Waals surface area contributed by atoms with Gasteiger partial charge in [-0.3, -0.25) is 4.79 Å². The SMILES string of the molecule is COC(=O)C(CCN1CCC(C(C)C)C1)NC(C)C. The van der Waals surface area contributed by atoms with Crippen molar-refractivity contribution >= 4 is 5.97 Å². The number of carbonyl (C=O) groups is 1. The zero-order chi connectivity index (χ0) is 14.4. The molecule has 19 heavy (non-hydrogen) atoms. The number of esters is 1. The topological polar surface area (TPSA) is 41.6 Å². The van der Waals surface area contributed by atoms with Gasteiger partial charge in [0.15, 0.2) is 0 Å². The molecule has 1 saturated heterocycles. The van der Waals surface area contributed by atoms with Crippen LogP contribution < -0.4 is 5.32 Å². The first-order valence-corrected chi connectivity index (χ1v) is 7.50. The third kappa shape index (κ3) is 5.49. The molecule has 1 fully saturated rings. The Morgan fingerprint density at radius 3 is 2.53 bits per heavy atom. The van der Waals surface area contributed by atoms with Gasteiger partial charge in [-0.15, -0.1) is 0 Å². The molecule has 0 amide bonds. The van der Waals surface area contributed by atoms with Gasteiger partial charge >= 0.3 is 5.97 Å². The summed E-state index contributed by atoms with van der Waals surface area (Å²) in [5, 5.41) is 3.29. The van der Waals surface area contributed by atoms with E-state index in [1.165, 1.54) is 26.6 Å². The van der Waals surface area contributed by atoms with E-state index in [0.717, 1.165) is 24.8 Å². The van der Waals surface area contributed by atoms with E-state index in [4.69, 9.17) is 4.74 Å². The maximum absolute atomic E-state index is 11.7. The van der Waals surface area contributed by atoms with E-state index in [0.29, 0.717) is 6.04 Å². The number of likely N-dealkylation sites (tertiary alicyclic amines) is 1. The molecule has 4 heteroatoms. The summed E-state index contributed by atoms with van der Waals surface area (Å²) in [6.45, 7) is 12.0. The zero-order valence-electron chi connectivity index (χ0n) is 13.1. The summed E-state index contributed by atoms with van der Waals surface area (Å²) >= 11 is 0. The van der Waals surface area contributed by atoms with Gasteiger partial charge in [0.25, 0.3) is 0 Å². The number of ether oxygens (including phenoxy) is 1. The van der Waals surface area contributed by atoms with Crippen LogP contribution in [0.5, 0.6) is 0 Å². The Kier molecular flexibility index (Phi) is 6.80. The molecule has 2 atom stereocenters. The predicted molar refractivity (Wildman–Crippen MR) is 78.1 cm³/mol. The van der Waals surface area contributed by atoms with Gasteiger partial charge in [-0.1, -0.05) is 27.7 Å². The maximum atomic E-state index is 11.7. The second-order valence-corrected chi connectivity index (χ2v) is 6.28. The minimum Gasteiger partial charge on any atom is -0.468 e. The number of methoxy groups -OCH3 is 1. The van der Waals surface area contributed by atoms with Gasteiger partial charge in [0, 0.05) is 19.1 Å². The quantitative estimate of drug-likeness (QED) is 0.717. The summed E-state index contributed by atoms with van der Waals surface area (Å²) in [4.78, 5) is 14.2. The molecule has 0 spiro atoms. The Balaban J connectivity index is 2.38. The van der Waals surface area contributed by atoms with Crippen LogP contribution in [0, 0.1) is 11.8 Å². The number of rotatable bonds is 7. The Morgan fingerprint density at radius 2 is 2.05 bits per heavy atom. The van der Waals surface area contributed by atoms with Gasteiger partial charge in [-0.05, 0) is 31.2 Å². The predicted octanol–water partition coefficient (Wildman–Crippen LogP) is 1.89. The molecule has 0 aromatic heterocycles. The maximum Gasteiger partial charge on any atom is 0.322 e. The van der Waals surface area contributed by atoms with Crippen LogP contribution in [0.3, 0.4) is 0 Å². The second kappa shape index (κ2) is 7.85. The molecule has 1 N–H and O–H groups in total. The Labute approximate surface area is 117 Å². The highest BCUT2D eigenvalue weighted by Gasteiger charge is 2.26. The van der Waals surface area contributed by atoms with Crippen molar-refractivity contribution in [2.45, 2.75) is 52.6 Å². The minimum absolute atomic E-state index is 0.145. The Morgan fingerprint density at radius 1 is 1.37 bits per heavy atom. The summed E-state index contributed by atoms with van der Waals surface area (Å²) in [7, 11) is 1.46. The molecule has 0 aromatic carbocycles. The van der Waals surface area contributed by atoms with Gasteiger partial charge in [0.1, 0.15) is 6.04 Å². The fraction of sp³-hybridized carbons (Fsp3) is 0.933. The Bertz CT molecular complexity index is 279. The monoisotopic (exact) mass is 270 g/mol. The van der Waals surface area contributed by atoms with Gasteiger partial charge in [0.05, 0.1) is 7.11 Å². The largest absolute Gasteiger partial charge is 0.468 e. The highest BCUT2D eigenvalue weighted by Crippen LogP contribution is 2.23. The van der Waals surface area contributed by atoms with Crippen LogP contribution in [-0.4, -0.2) is 49.7 Å². The standard InChI is InChI=1S/C15H30N2O2/c1-11(2)13-6-8-17(10-13)9-7-14(15(18)19-5)16-12(3)4/h11-14,16H,6-10H2,1-5H3. The molecule has 0 radical (unpaired) electrons. The fourth-order valence-corrected chi connectivity index (χ4v) is 2.74. The zero-order valence-corrected chi connectivity index (χ0v) is 13.1. The summed E-state index contributed by atoms with van der Waals surface area (Å²) in [5.74, 6) is 1.43. The van der Waals surface area contributed by atoms with Gasteiger partial charge in [-0.25, -0.2) is 0 Å². The summed E-state index contributed by atoms with van der Waals surface area (Å²) in [6, 6.07) is 0.120. The van der Waals surface area contributed by atoms with Gasteiger partial charge in [-0.2, -0.15) is 0 Å². The van der Waals surface area contributed by atoms with Crippen LogP contribution in [0.15, 0.2) is 0 Å². The van der Waals surface area contributed by atoms with E-state index < -0.39 is 0 Å². The van der Waals surface area contributed by atoms with E-state index >= 15 is 0 Å². The molecule has 1 heterocycles. The van der Waals surface area contributed by atoms with E-state index in [1.54, 1.807) is 0 Å². The van der Waals surface area contributed by atoms with Crippen LogP contribution in [0.1, 0.15) is 40.5 Å². The second-order valence-electron chi connectivity index (χ2n) is 6.28. The van der Waals surface area contributed by atoms with Crippen LogP contribution in [0.25, 0.3) is 0 Å². The molecule has 4 nitrogen and oxygen atoms in total. The highest BCUT2D eigenvalue weighted by atomic mass is 16.5. The number of hydrogen-bond acceptors (Lipinski definition) is 4. The van der Waals surface area contributed by atoms with Crippen LogP contribution in [0.4, 0.5) is 0 Å². The molecule has 112 valence electrons. The number of nitrogens with one attached hydrogen (secondary N) is 1. The molecule has 0 saturated carbocycles. The first kappa shape index (κ1) is 16.4. The van der Waals surface area contributed by atoms with Crippen molar-refractivity contribution in [3.05, 3.63) is 0 Å². The van der Waals surface area contributed by atoms with E-state index in [9.17, 15) is 4.79 Å². The van der Waals surface area contributed by atoms with Crippen LogP contribution >= 0.6 is 0 Å². The average Bonchev–Trinajstić information content (AvgIpc) is 2.82. The van der Waals surface area contributed by atoms with Gasteiger partial charge < -0.3 is 15.0 Å². The highest BCUT2D eigenvalue weighted by molar-refractivity contribution is 5.75. The normalized spacial score (nSPS) is 22.2. The van der Waals surface area contributed by atoms with Crippen LogP contribution in [0.2, 0.25) is 0 Å². The van der Waals surface area contributed by atoms with E-state index in [1.807, 2.05) is 0 Å². The Hall–Kier alpha value is -0.610. The summed E-state index contributed by atoms with van der Waals surface area (Å²) in [5.41, 5.74) is 0. The van der Waals surface area contributed by atoms with Crippen molar-refractivity contribution in [2.24, 2.45) is 11.8 Å². The molecule has 0 bridgehead atoms. The fourth-order valence-electron chi connectivity index (χ4n) is 2.74. The van der Waals surface area contributed by atoms with Crippen LogP contribution in [-0.2, 0) is 9.53 Å². The third-order valence-corrected chi connectivity index (χ3v) is 4.01. The first-order valence-electron chi connectivity index (χ1n) is 7.50. The van der Waals surface area contributed by atoms with Crippen molar-refractivity contribution in [1.82, 2.24) is 10.2 Å². The lowest BCUT2D eigenvalue weighted by atomic mass is 9.95. The van der Waals surface area contributed by atoms with Crippen molar-refractivity contribution in [3.63, 3.8) is 0 Å².